The fourth-order valence-electron chi connectivity index (χ4n) is 3.69. The highest BCUT2D eigenvalue weighted by Crippen LogP contribution is 2.30. The quantitative estimate of drug-likeness (QED) is 0.198. The fourth-order valence-corrected chi connectivity index (χ4v) is 5.03. The molecule has 194 valence electrons. The van der Waals surface area contributed by atoms with Gasteiger partial charge in [0.05, 0.1) is 5.56 Å². The van der Waals surface area contributed by atoms with Crippen molar-refractivity contribution < 1.29 is 35.2 Å². The molecule has 0 aliphatic carbocycles. The van der Waals surface area contributed by atoms with E-state index in [2.05, 4.69) is 15.0 Å². The molecule has 0 amide bonds. The Balaban J connectivity index is 1.71. The number of aromatic amines is 1. The smallest absolute Gasteiger partial charge is 0.433 e. The number of benzene rings is 1. The second kappa shape index (κ2) is 10.00. The summed E-state index contributed by atoms with van der Waals surface area (Å²) in [6.07, 6.45) is -0.178. The number of nitrogens with one attached hydrogen (secondary N) is 2. The van der Waals surface area contributed by atoms with Crippen LogP contribution >= 0.6 is 0 Å². The molecule has 13 heteroatoms. The van der Waals surface area contributed by atoms with Crippen molar-refractivity contribution in [2.45, 2.75) is 25.9 Å². The first-order valence-electron chi connectivity index (χ1n) is 11.0. The average Bonchev–Trinajstić information content (AvgIpc) is 3.30. The molecule has 4 rings (SSSR count). The Kier molecular flexibility index (Phi) is 7.13. The molecular formula is C24H20F4N4O4S. The minimum atomic E-state index is -4.60. The maximum atomic E-state index is 15.3. The second-order valence-corrected chi connectivity index (χ2v) is 10.2. The van der Waals surface area contributed by atoms with E-state index in [0.717, 1.165) is 24.4 Å². The van der Waals surface area contributed by atoms with Crippen molar-refractivity contribution >= 4 is 32.5 Å². The number of sulfonamides is 1. The van der Waals surface area contributed by atoms with E-state index in [0.29, 0.717) is 17.5 Å². The zero-order chi connectivity index (χ0) is 27.0. The fraction of sp³-hybridized carbons (Fsp3) is 0.208. The summed E-state index contributed by atoms with van der Waals surface area (Å²) in [6, 6.07) is 6.85. The second-order valence-electron chi connectivity index (χ2n) is 8.21. The van der Waals surface area contributed by atoms with E-state index in [9.17, 15) is 31.6 Å². The Labute approximate surface area is 208 Å². The lowest BCUT2D eigenvalue weighted by Crippen LogP contribution is -3.05. The summed E-state index contributed by atoms with van der Waals surface area (Å²) in [6.45, 7) is 1.75. The Hall–Kier alpha value is -3.68. The number of halogens is 4. The summed E-state index contributed by atoms with van der Waals surface area (Å²) in [7, 11) is -4.26. The zero-order valence-electron chi connectivity index (χ0n) is 19.3. The number of fused-ring (bicyclic) bond motifs is 1. The number of nitrogens with zero attached hydrogens (tertiary/aromatic N) is 2. The van der Waals surface area contributed by atoms with Gasteiger partial charge in [-0.2, -0.15) is 26.0 Å². The highest BCUT2D eigenvalue weighted by molar-refractivity contribution is 7.85. The van der Waals surface area contributed by atoms with Crippen LogP contribution in [0.1, 0.15) is 41.4 Å². The van der Waals surface area contributed by atoms with Crippen molar-refractivity contribution in [1.82, 2.24) is 15.0 Å². The molecule has 0 aliphatic rings. The van der Waals surface area contributed by atoms with Crippen LogP contribution in [0.5, 0.6) is 0 Å². The summed E-state index contributed by atoms with van der Waals surface area (Å²) in [4.78, 5) is 23.6. The van der Waals surface area contributed by atoms with Crippen LogP contribution in [-0.4, -0.2) is 34.9 Å². The molecule has 0 spiro atoms. The third kappa shape index (κ3) is 5.24. The monoisotopic (exact) mass is 536 g/mol. The molecule has 1 aromatic carbocycles. The molecule has 0 saturated heterocycles. The summed E-state index contributed by atoms with van der Waals surface area (Å²) < 4.78 is 76.9. The minimum Gasteiger partial charge on any atom is -0.613 e. The molecular weight excluding hydrogens is 516 g/mol. The number of aromatic nitrogens is 3. The predicted molar refractivity (Wildman–Crippen MR) is 127 cm³/mol. The molecule has 37 heavy (non-hydrogen) atoms. The van der Waals surface area contributed by atoms with E-state index in [4.69, 9.17) is 0 Å². The van der Waals surface area contributed by atoms with Gasteiger partial charge in [0.25, 0.3) is 10.0 Å². The lowest BCUT2D eigenvalue weighted by molar-refractivity contribution is -0.626. The maximum absolute atomic E-state index is 15.3. The van der Waals surface area contributed by atoms with Gasteiger partial charge in [0.2, 0.25) is 0 Å². The van der Waals surface area contributed by atoms with Gasteiger partial charge in [0.15, 0.2) is 17.3 Å². The number of quaternary nitrogens is 1. The summed E-state index contributed by atoms with van der Waals surface area (Å²) >= 11 is 0. The molecule has 2 N–H and O–H groups in total. The molecule has 3 aromatic heterocycles. The molecule has 0 radical (unpaired) electrons. The number of ketones is 1. The van der Waals surface area contributed by atoms with Gasteiger partial charge in [-0.05, 0) is 24.6 Å². The number of hydrogen-bond donors (Lipinski definition) is 2. The Morgan fingerprint density at radius 3 is 2.46 bits per heavy atom. The summed E-state index contributed by atoms with van der Waals surface area (Å²) in [5, 5.41) is 12.8. The molecule has 0 saturated carbocycles. The number of alkyl halides is 3. The van der Waals surface area contributed by atoms with Crippen molar-refractivity contribution in [3.05, 3.63) is 82.8 Å². The van der Waals surface area contributed by atoms with Gasteiger partial charge in [-0.15, -0.1) is 0 Å². The molecule has 0 fully saturated rings. The first-order valence-corrected chi connectivity index (χ1v) is 12.7. The molecule has 4 aromatic rings. The number of rotatable bonds is 8. The number of carbonyl (C=O) groups excluding carboxylic acids is 1. The molecule has 1 unspecified atom stereocenters. The molecule has 0 aliphatic heterocycles. The van der Waals surface area contributed by atoms with Gasteiger partial charge in [-0.3, -0.25) is 9.78 Å². The van der Waals surface area contributed by atoms with Crippen molar-refractivity contribution in [3.8, 4) is 11.1 Å². The van der Waals surface area contributed by atoms with Crippen molar-refractivity contribution in [3.63, 3.8) is 0 Å². The van der Waals surface area contributed by atoms with Gasteiger partial charge < -0.3 is 10.2 Å². The highest BCUT2D eigenvalue weighted by Gasteiger charge is 2.32. The van der Waals surface area contributed by atoms with Crippen LogP contribution in [0.2, 0.25) is 0 Å². The Morgan fingerprint density at radius 2 is 1.81 bits per heavy atom. The number of unbranched alkanes of at least 4 members (excludes halogenated alkanes) is 1. The SMILES string of the molecule is CCCCS(=O)(=O)[NH+]([O-])c1cccc(C(=O)c2c[nH]c3ncc(-c4ccc(C(F)(F)F)nc4)cc23)c1F. The maximum Gasteiger partial charge on any atom is 0.433 e. The number of carbonyl (C=O) groups is 1. The average molecular weight is 537 g/mol. The van der Waals surface area contributed by atoms with E-state index in [-0.39, 0.29) is 23.0 Å². The normalized spacial score (nSPS) is 13.1. The topological polar surface area (TPSA) is 120 Å². The highest BCUT2D eigenvalue weighted by atomic mass is 32.2. The van der Waals surface area contributed by atoms with E-state index < -0.39 is 55.0 Å². The van der Waals surface area contributed by atoms with Crippen molar-refractivity contribution in [2.75, 3.05) is 5.75 Å². The number of pyridine rings is 2. The van der Waals surface area contributed by atoms with E-state index in [1.54, 1.807) is 6.92 Å². The molecule has 1 atom stereocenters. The van der Waals surface area contributed by atoms with Crippen LogP contribution in [0.4, 0.5) is 23.2 Å². The van der Waals surface area contributed by atoms with Gasteiger partial charge in [-0.25, -0.2) is 9.45 Å². The first kappa shape index (κ1) is 26.4. The largest absolute Gasteiger partial charge is 0.613 e. The first-order chi connectivity index (χ1) is 17.4. The minimum absolute atomic E-state index is 0.0263. The van der Waals surface area contributed by atoms with E-state index in [1.807, 2.05) is 0 Å². The molecule has 0 bridgehead atoms. The third-order valence-electron chi connectivity index (χ3n) is 5.68. The lowest BCUT2D eigenvalue weighted by Gasteiger charge is -2.21. The Morgan fingerprint density at radius 1 is 1.08 bits per heavy atom. The Bertz CT molecular complexity index is 1570. The molecule has 3 heterocycles. The van der Waals surface area contributed by atoms with Crippen LogP contribution in [0.3, 0.4) is 0 Å². The van der Waals surface area contributed by atoms with E-state index >= 15 is 4.39 Å². The third-order valence-corrected chi connectivity index (χ3v) is 7.29. The van der Waals surface area contributed by atoms with Crippen LogP contribution in [0, 0.1) is 11.0 Å². The van der Waals surface area contributed by atoms with Crippen LogP contribution in [-0.2, 0) is 16.2 Å². The predicted octanol–water partition coefficient (Wildman–Crippen LogP) is 4.16. The van der Waals surface area contributed by atoms with Crippen LogP contribution in [0.25, 0.3) is 22.2 Å². The van der Waals surface area contributed by atoms with Crippen LogP contribution < -0.4 is 4.47 Å². The van der Waals surface area contributed by atoms with Crippen molar-refractivity contribution in [1.29, 1.82) is 0 Å². The zero-order valence-corrected chi connectivity index (χ0v) is 20.1. The number of hydrogen-bond acceptors (Lipinski definition) is 6. The van der Waals surface area contributed by atoms with Gasteiger partial charge in [-0.1, -0.05) is 25.5 Å². The standard InChI is InChI=1S/C24H20F4N4O4S/c1-2-3-9-37(35,36)32(34)19-6-4-5-16(21(19)25)22(33)18-13-31-23-17(18)10-15(12-30-23)14-7-8-20(29-11-14)24(26,27)28/h4-8,10-13,32H,2-3,9H2,1H3,(H,30,31). The van der Waals surface area contributed by atoms with E-state index in [1.165, 1.54) is 30.6 Å². The van der Waals surface area contributed by atoms with Crippen molar-refractivity contribution in [2.24, 2.45) is 0 Å². The molecule has 8 nitrogen and oxygen atoms in total. The van der Waals surface area contributed by atoms with Gasteiger partial charge in [0.1, 0.15) is 17.1 Å². The van der Waals surface area contributed by atoms with Gasteiger partial charge in [0, 0.05) is 46.7 Å². The lowest BCUT2D eigenvalue weighted by atomic mass is 10.0. The van der Waals surface area contributed by atoms with Crippen LogP contribution in [0.15, 0.2) is 55.0 Å². The summed E-state index contributed by atoms with van der Waals surface area (Å²) in [5.74, 6) is -2.54. The van der Waals surface area contributed by atoms with Gasteiger partial charge >= 0.3 is 6.18 Å². The summed E-state index contributed by atoms with van der Waals surface area (Å²) in [5.41, 5.74) is -1.42. The number of H-pyrrole nitrogens is 1.